The van der Waals surface area contributed by atoms with Gasteiger partial charge < -0.3 is 9.64 Å². The maximum Gasteiger partial charge on any atom is 0.417 e. The maximum atomic E-state index is 12.9. The van der Waals surface area contributed by atoms with Gasteiger partial charge in [-0.15, -0.1) is 0 Å². The van der Waals surface area contributed by atoms with Crippen molar-refractivity contribution in [3.63, 3.8) is 0 Å². The van der Waals surface area contributed by atoms with Gasteiger partial charge in [-0.3, -0.25) is 0 Å². The molecule has 0 radical (unpaired) electrons. The molecule has 1 aliphatic heterocycles. The van der Waals surface area contributed by atoms with Gasteiger partial charge in [0.05, 0.1) is 15.5 Å². The molecule has 0 saturated carbocycles. The van der Waals surface area contributed by atoms with E-state index in [4.69, 9.17) is 16.3 Å². The quantitative estimate of drug-likeness (QED) is 0.563. The lowest BCUT2D eigenvalue weighted by atomic mass is 10.0. The summed E-state index contributed by atoms with van der Waals surface area (Å²) in [4.78, 5) is 13.8. The Labute approximate surface area is 202 Å². The molecule has 0 spiro atoms. The molecule has 2 aromatic carbocycles. The Hall–Kier alpha value is -2.30. The van der Waals surface area contributed by atoms with Crippen molar-refractivity contribution in [2.45, 2.75) is 56.3 Å². The van der Waals surface area contributed by atoms with Gasteiger partial charge in [-0.2, -0.15) is 13.2 Å². The number of hydrogen-bond acceptors (Lipinski definition) is 4. The number of piperidine rings is 1. The number of ether oxygens (including phenoxy) is 1. The minimum atomic E-state index is -4.55. The molecule has 1 fully saturated rings. The van der Waals surface area contributed by atoms with Crippen LogP contribution < -0.4 is 4.72 Å². The van der Waals surface area contributed by atoms with E-state index in [2.05, 4.69) is 4.72 Å². The molecule has 1 amide bonds. The fourth-order valence-corrected chi connectivity index (χ4v) is 5.14. The summed E-state index contributed by atoms with van der Waals surface area (Å²) in [5.41, 5.74) is -0.573. The Kier molecular flexibility index (Phi) is 7.54. The summed E-state index contributed by atoms with van der Waals surface area (Å²) in [5.74, 6) is 0. The van der Waals surface area contributed by atoms with Crippen molar-refractivity contribution in [2.75, 3.05) is 13.1 Å². The van der Waals surface area contributed by atoms with Crippen molar-refractivity contribution >= 4 is 27.7 Å². The molecular formula is C23H26ClF3N2O4S. The third-order valence-corrected chi connectivity index (χ3v) is 7.09. The van der Waals surface area contributed by atoms with Crippen molar-refractivity contribution in [3.8, 4) is 11.1 Å². The van der Waals surface area contributed by atoms with E-state index in [1.807, 2.05) is 0 Å². The number of nitrogens with zero attached hydrogens (tertiary/aromatic N) is 1. The smallest absolute Gasteiger partial charge is 0.417 e. The van der Waals surface area contributed by atoms with Crippen LogP contribution in [0.2, 0.25) is 5.02 Å². The first-order valence-electron chi connectivity index (χ1n) is 10.6. The second-order valence-electron chi connectivity index (χ2n) is 9.08. The summed E-state index contributed by atoms with van der Waals surface area (Å²) < 4.78 is 72.3. The first-order chi connectivity index (χ1) is 15.7. The van der Waals surface area contributed by atoms with E-state index in [9.17, 15) is 26.4 Å². The molecule has 0 atom stereocenters. The highest BCUT2D eigenvalue weighted by atomic mass is 35.5. The zero-order valence-corrected chi connectivity index (χ0v) is 20.5. The van der Waals surface area contributed by atoms with Crippen LogP contribution in [0, 0.1) is 0 Å². The van der Waals surface area contributed by atoms with E-state index in [0.717, 1.165) is 6.07 Å². The van der Waals surface area contributed by atoms with Crippen LogP contribution in [0.1, 0.15) is 39.2 Å². The van der Waals surface area contributed by atoms with Crippen LogP contribution >= 0.6 is 11.6 Å². The highest BCUT2D eigenvalue weighted by Crippen LogP contribution is 2.37. The zero-order valence-electron chi connectivity index (χ0n) is 18.9. The number of amides is 1. The number of hydrogen-bond donors (Lipinski definition) is 1. The Morgan fingerprint density at radius 1 is 1.03 bits per heavy atom. The largest absolute Gasteiger partial charge is 0.444 e. The molecule has 186 valence electrons. The molecule has 11 heteroatoms. The number of alkyl halides is 3. The van der Waals surface area contributed by atoms with Crippen LogP contribution in [0.25, 0.3) is 11.1 Å². The normalized spacial score (nSPS) is 15.9. The highest BCUT2D eigenvalue weighted by molar-refractivity contribution is 7.89. The fourth-order valence-electron chi connectivity index (χ4n) is 3.54. The number of carbonyl (C=O) groups is 1. The van der Waals surface area contributed by atoms with Gasteiger partial charge in [0.25, 0.3) is 0 Å². The van der Waals surface area contributed by atoms with Crippen LogP contribution in [0.3, 0.4) is 0 Å². The minimum Gasteiger partial charge on any atom is -0.444 e. The Morgan fingerprint density at radius 2 is 1.59 bits per heavy atom. The van der Waals surface area contributed by atoms with Crippen LogP contribution in [-0.4, -0.2) is 44.1 Å². The highest BCUT2D eigenvalue weighted by Gasteiger charge is 2.33. The Morgan fingerprint density at radius 3 is 2.09 bits per heavy atom. The Balaban J connectivity index is 1.64. The molecule has 1 aliphatic rings. The summed E-state index contributed by atoms with van der Waals surface area (Å²) >= 11 is 5.78. The molecule has 6 nitrogen and oxygen atoms in total. The standard InChI is InChI=1S/C23H26ClF3N2O4S/c1-22(2,3)33-21(30)29-12-10-17(11-13-29)28-34(31,32)18-7-4-15(5-8-18)16-6-9-19(20(24)14-16)23(25,26)27/h4-9,14,17,28H,10-13H2,1-3H3. The van der Waals surface area contributed by atoms with E-state index in [1.165, 1.54) is 36.4 Å². The predicted octanol–water partition coefficient (Wildman–Crippen LogP) is 5.70. The van der Waals surface area contributed by atoms with E-state index < -0.39 is 38.5 Å². The average Bonchev–Trinajstić information content (AvgIpc) is 2.72. The number of likely N-dealkylation sites (tertiary alicyclic amines) is 1. The molecule has 34 heavy (non-hydrogen) atoms. The van der Waals surface area contributed by atoms with E-state index in [-0.39, 0.29) is 10.9 Å². The predicted molar refractivity (Wildman–Crippen MR) is 123 cm³/mol. The second-order valence-corrected chi connectivity index (χ2v) is 11.2. The monoisotopic (exact) mass is 518 g/mol. The lowest BCUT2D eigenvalue weighted by molar-refractivity contribution is -0.137. The summed E-state index contributed by atoms with van der Waals surface area (Å²) in [7, 11) is -3.82. The molecular weight excluding hydrogens is 493 g/mol. The maximum absolute atomic E-state index is 12.9. The van der Waals surface area contributed by atoms with Crippen molar-refractivity contribution in [2.24, 2.45) is 0 Å². The molecule has 0 bridgehead atoms. The van der Waals surface area contributed by atoms with Gasteiger partial charge in [-0.25, -0.2) is 17.9 Å². The summed E-state index contributed by atoms with van der Waals surface area (Å²) in [6.07, 6.45) is -4.09. The van der Waals surface area contributed by atoms with E-state index >= 15 is 0 Å². The van der Waals surface area contributed by atoms with Gasteiger partial charge in [0.2, 0.25) is 10.0 Å². The molecule has 1 heterocycles. The number of benzene rings is 2. The minimum absolute atomic E-state index is 0.0313. The molecule has 3 rings (SSSR count). The zero-order chi connectivity index (χ0) is 25.3. The fraction of sp³-hybridized carbons (Fsp3) is 0.435. The van der Waals surface area contributed by atoms with E-state index in [1.54, 1.807) is 25.7 Å². The molecule has 2 aromatic rings. The molecule has 0 aliphatic carbocycles. The van der Waals surface area contributed by atoms with Gasteiger partial charge in [0.15, 0.2) is 0 Å². The van der Waals surface area contributed by atoms with E-state index in [0.29, 0.717) is 37.1 Å². The average molecular weight is 519 g/mol. The number of sulfonamides is 1. The van der Waals surface area contributed by atoms with Crippen molar-refractivity contribution < 1.29 is 31.1 Å². The van der Waals surface area contributed by atoms with Gasteiger partial charge in [-0.1, -0.05) is 29.8 Å². The van der Waals surface area contributed by atoms with Crippen LogP contribution in [-0.2, 0) is 20.9 Å². The summed E-state index contributed by atoms with van der Waals surface area (Å²) in [6, 6.07) is 8.85. The van der Waals surface area contributed by atoms with Crippen LogP contribution in [0.4, 0.5) is 18.0 Å². The Bertz CT molecular complexity index is 1140. The lowest BCUT2D eigenvalue weighted by Crippen LogP contribution is -2.47. The summed E-state index contributed by atoms with van der Waals surface area (Å²) in [5, 5.41) is -0.430. The van der Waals surface area contributed by atoms with Crippen molar-refractivity contribution in [3.05, 3.63) is 53.1 Å². The molecule has 1 N–H and O–H groups in total. The number of halogens is 4. The number of rotatable bonds is 4. The lowest BCUT2D eigenvalue weighted by Gasteiger charge is -2.33. The first-order valence-corrected chi connectivity index (χ1v) is 12.5. The first kappa shape index (κ1) is 26.3. The van der Waals surface area contributed by atoms with Crippen molar-refractivity contribution in [1.82, 2.24) is 9.62 Å². The van der Waals surface area contributed by atoms with Gasteiger partial charge in [0, 0.05) is 19.1 Å². The third kappa shape index (κ3) is 6.64. The SMILES string of the molecule is CC(C)(C)OC(=O)N1CCC(NS(=O)(=O)c2ccc(-c3ccc(C(F)(F)F)c(Cl)c3)cc2)CC1. The van der Waals surface area contributed by atoms with Gasteiger partial charge in [0.1, 0.15) is 5.60 Å². The molecule has 0 unspecified atom stereocenters. The van der Waals surface area contributed by atoms with Gasteiger partial charge in [-0.05, 0) is 69.0 Å². The second kappa shape index (κ2) is 9.75. The van der Waals surface area contributed by atoms with Gasteiger partial charge >= 0.3 is 12.3 Å². The number of nitrogens with one attached hydrogen (secondary N) is 1. The summed E-state index contributed by atoms with van der Waals surface area (Å²) in [6.45, 7) is 6.08. The van der Waals surface area contributed by atoms with Crippen LogP contribution in [0.5, 0.6) is 0 Å². The molecule has 0 aromatic heterocycles. The van der Waals surface area contributed by atoms with Crippen LogP contribution in [0.15, 0.2) is 47.4 Å². The molecule has 1 saturated heterocycles. The van der Waals surface area contributed by atoms with Crippen molar-refractivity contribution in [1.29, 1.82) is 0 Å². The number of carbonyl (C=O) groups excluding carboxylic acids is 1. The topological polar surface area (TPSA) is 75.7 Å². The third-order valence-electron chi connectivity index (χ3n) is 5.24.